The van der Waals surface area contributed by atoms with Crippen LogP contribution in [0.15, 0.2) is 29.6 Å². The van der Waals surface area contributed by atoms with E-state index in [1.54, 1.807) is 25.4 Å². The Morgan fingerprint density at radius 2 is 2.35 bits per heavy atom. The van der Waals surface area contributed by atoms with Crippen molar-refractivity contribution in [3.63, 3.8) is 0 Å². The van der Waals surface area contributed by atoms with E-state index in [-0.39, 0.29) is 5.88 Å². The van der Waals surface area contributed by atoms with E-state index >= 15 is 0 Å². The number of pyridine rings is 1. The fourth-order valence-electron chi connectivity index (χ4n) is 1.39. The van der Waals surface area contributed by atoms with Gasteiger partial charge < -0.3 is 9.84 Å². The Morgan fingerprint density at radius 1 is 1.55 bits per heavy atom. The molecule has 0 aliphatic rings. The van der Waals surface area contributed by atoms with Gasteiger partial charge >= 0.3 is 6.09 Å². The second-order valence-electron chi connectivity index (χ2n) is 3.71. The summed E-state index contributed by atoms with van der Waals surface area (Å²) in [7, 11) is 1.24. The van der Waals surface area contributed by atoms with Crippen molar-refractivity contribution < 1.29 is 14.6 Å². The lowest BCUT2D eigenvalue weighted by Crippen LogP contribution is -2.18. The maximum Gasteiger partial charge on any atom is 0.427 e. The number of carbonyl (C=O) groups excluding carboxylic acids is 1. The van der Waals surface area contributed by atoms with Gasteiger partial charge in [-0.1, -0.05) is 0 Å². The Morgan fingerprint density at radius 3 is 3.00 bits per heavy atom. The van der Waals surface area contributed by atoms with Gasteiger partial charge in [-0.05, 0) is 19.1 Å². The maximum atomic E-state index is 10.9. The molecule has 0 aliphatic carbocycles. The normalized spacial score (nSPS) is 11.2. The third-order valence-electron chi connectivity index (χ3n) is 2.35. The van der Waals surface area contributed by atoms with Gasteiger partial charge in [0, 0.05) is 18.0 Å². The molecule has 2 heterocycles. The lowest BCUT2D eigenvalue weighted by atomic mass is 10.3. The van der Waals surface area contributed by atoms with Crippen molar-refractivity contribution in [2.24, 2.45) is 5.10 Å². The summed E-state index contributed by atoms with van der Waals surface area (Å²) in [6, 6.07) is 3.63. The molecule has 0 bridgehead atoms. The molecule has 0 aromatic carbocycles. The number of ether oxygens (including phenoxy) is 1. The zero-order chi connectivity index (χ0) is 14.5. The molecule has 104 valence electrons. The molecule has 20 heavy (non-hydrogen) atoms. The molecule has 0 unspecified atom stereocenters. The summed E-state index contributed by atoms with van der Waals surface area (Å²) >= 11 is 1.26. The molecule has 0 radical (unpaired) electrons. The van der Waals surface area contributed by atoms with Gasteiger partial charge in [-0.25, -0.2) is 15.2 Å². The number of methoxy groups -OCH3 is 1. The molecule has 8 heteroatoms. The summed E-state index contributed by atoms with van der Waals surface area (Å²) in [5, 5.41) is 14.3. The van der Waals surface area contributed by atoms with Gasteiger partial charge in [-0.3, -0.25) is 4.98 Å². The van der Waals surface area contributed by atoms with Crippen LogP contribution in [0.2, 0.25) is 0 Å². The Balaban J connectivity index is 2.26. The van der Waals surface area contributed by atoms with Gasteiger partial charge in [0.25, 0.3) is 0 Å². The van der Waals surface area contributed by atoms with Crippen molar-refractivity contribution in [1.29, 1.82) is 0 Å². The second kappa shape index (κ2) is 6.11. The number of thiazole rings is 1. The number of aromatic hydroxyl groups is 1. The minimum atomic E-state index is -0.680. The average molecular weight is 292 g/mol. The Bertz CT molecular complexity index is 639. The first kappa shape index (κ1) is 13.9. The summed E-state index contributed by atoms with van der Waals surface area (Å²) < 4.78 is 4.40. The smallest absolute Gasteiger partial charge is 0.427 e. The van der Waals surface area contributed by atoms with Crippen molar-refractivity contribution in [2.45, 2.75) is 6.92 Å². The summed E-state index contributed by atoms with van der Waals surface area (Å²) in [4.78, 5) is 19.5. The van der Waals surface area contributed by atoms with Gasteiger partial charge in [0.05, 0.1) is 12.8 Å². The monoisotopic (exact) mass is 292 g/mol. The highest BCUT2D eigenvalue weighted by Crippen LogP contribution is 2.31. The van der Waals surface area contributed by atoms with Gasteiger partial charge in [-0.2, -0.15) is 5.10 Å². The Hall–Kier alpha value is -2.48. The molecular weight excluding hydrogens is 280 g/mol. The summed E-state index contributed by atoms with van der Waals surface area (Å²) in [5.74, 6) is -0.137. The zero-order valence-corrected chi connectivity index (χ0v) is 11.6. The van der Waals surface area contributed by atoms with Crippen LogP contribution in [-0.4, -0.2) is 34.0 Å². The van der Waals surface area contributed by atoms with E-state index in [1.165, 1.54) is 18.4 Å². The van der Waals surface area contributed by atoms with Crippen molar-refractivity contribution in [2.75, 3.05) is 7.11 Å². The number of amides is 1. The predicted molar refractivity (Wildman–Crippen MR) is 74.8 cm³/mol. The minimum absolute atomic E-state index is 0.137. The van der Waals surface area contributed by atoms with Crippen LogP contribution in [0.3, 0.4) is 0 Å². The molecule has 2 aromatic rings. The average Bonchev–Trinajstić information content (AvgIpc) is 2.87. The highest BCUT2D eigenvalue weighted by atomic mass is 32.1. The van der Waals surface area contributed by atoms with Crippen LogP contribution in [0.4, 0.5) is 4.79 Å². The molecule has 0 saturated heterocycles. The zero-order valence-electron chi connectivity index (χ0n) is 10.8. The fourth-order valence-corrected chi connectivity index (χ4v) is 2.28. The number of rotatable bonds is 3. The number of nitrogens with zero attached hydrogens (tertiary/aromatic N) is 3. The summed E-state index contributed by atoms with van der Waals surface area (Å²) in [6.07, 6.45) is 2.63. The largest absolute Gasteiger partial charge is 0.492 e. The SMILES string of the molecule is COC(=O)N/N=C(\C)c1sc(-c2cccnc2)nc1O. The van der Waals surface area contributed by atoms with Gasteiger partial charge in [0.15, 0.2) is 0 Å². The van der Waals surface area contributed by atoms with Crippen molar-refractivity contribution in [3.8, 4) is 16.5 Å². The molecule has 7 nitrogen and oxygen atoms in total. The van der Waals surface area contributed by atoms with Crippen LogP contribution >= 0.6 is 11.3 Å². The lowest BCUT2D eigenvalue weighted by molar-refractivity contribution is 0.171. The van der Waals surface area contributed by atoms with Crippen LogP contribution in [0.1, 0.15) is 11.8 Å². The van der Waals surface area contributed by atoms with E-state index in [2.05, 4.69) is 25.2 Å². The third kappa shape index (κ3) is 3.09. The number of aromatic nitrogens is 2. The predicted octanol–water partition coefficient (Wildman–Crippen LogP) is 1.99. The molecule has 0 aliphatic heterocycles. The number of hydrogen-bond donors (Lipinski definition) is 2. The van der Waals surface area contributed by atoms with Crippen LogP contribution in [0, 0.1) is 0 Å². The van der Waals surface area contributed by atoms with Crippen LogP contribution < -0.4 is 5.43 Å². The van der Waals surface area contributed by atoms with Crippen LogP contribution in [0.5, 0.6) is 5.88 Å². The Kier molecular flexibility index (Phi) is 4.26. The van der Waals surface area contributed by atoms with Gasteiger partial charge in [0.2, 0.25) is 5.88 Å². The van der Waals surface area contributed by atoms with E-state index in [1.807, 2.05) is 6.07 Å². The van der Waals surface area contributed by atoms with Crippen molar-refractivity contribution in [3.05, 3.63) is 29.4 Å². The lowest BCUT2D eigenvalue weighted by Gasteiger charge is -1.98. The molecule has 0 atom stereocenters. The number of nitrogens with one attached hydrogen (secondary N) is 1. The highest BCUT2D eigenvalue weighted by molar-refractivity contribution is 7.17. The van der Waals surface area contributed by atoms with Crippen molar-refractivity contribution >= 4 is 23.1 Å². The second-order valence-corrected chi connectivity index (χ2v) is 4.71. The van der Waals surface area contributed by atoms with Crippen LogP contribution in [0.25, 0.3) is 10.6 Å². The molecule has 0 saturated carbocycles. The Labute approximate surface area is 119 Å². The van der Waals surface area contributed by atoms with Crippen molar-refractivity contribution in [1.82, 2.24) is 15.4 Å². The van der Waals surface area contributed by atoms with Crippen LogP contribution in [-0.2, 0) is 4.74 Å². The topological polar surface area (TPSA) is 96.7 Å². The van der Waals surface area contributed by atoms with E-state index < -0.39 is 6.09 Å². The fraction of sp³-hybridized carbons (Fsp3) is 0.167. The molecule has 2 rings (SSSR count). The third-order valence-corrected chi connectivity index (χ3v) is 3.55. The first-order valence-electron chi connectivity index (χ1n) is 5.60. The molecule has 2 N–H and O–H groups in total. The summed E-state index contributed by atoms with van der Waals surface area (Å²) in [6.45, 7) is 1.65. The number of hydrazone groups is 1. The van der Waals surface area contributed by atoms with Gasteiger partial charge in [-0.15, -0.1) is 11.3 Å². The van der Waals surface area contributed by atoms with E-state index in [0.29, 0.717) is 15.6 Å². The first-order valence-corrected chi connectivity index (χ1v) is 6.42. The molecule has 0 fully saturated rings. The number of carbonyl (C=O) groups is 1. The maximum absolute atomic E-state index is 10.9. The molecular formula is C12H12N4O3S. The number of hydrogen-bond acceptors (Lipinski definition) is 7. The molecule has 1 amide bonds. The van der Waals surface area contributed by atoms with Gasteiger partial charge in [0.1, 0.15) is 9.88 Å². The van der Waals surface area contributed by atoms with E-state index in [9.17, 15) is 9.90 Å². The quantitative estimate of drug-likeness (QED) is 0.666. The summed E-state index contributed by atoms with van der Waals surface area (Å²) in [5.41, 5.74) is 3.42. The van der Waals surface area contributed by atoms with E-state index in [4.69, 9.17) is 0 Å². The highest BCUT2D eigenvalue weighted by Gasteiger charge is 2.14. The first-order chi connectivity index (χ1) is 9.61. The molecule has 0 spiro atoms. The standard InChI is InChI=1S/C12H12N4O3S/c1-7(15-16-12(18)19-2)9-10(17)14-11(20-9)8-4-3-5-13-6-8/h3-6,17H,1-2H3,(H,16,18)/b15-7+. The van der Waals surface area contributed by atoms with E-state index in [0.717, 1.165) is 5.56 Å². The minimum Gasteiger partial charge on any atom is -0.492 e. The molecule has 2 aromatic heterocycles.